The predicted octanol–water partition coefficient (Wildman–Crippen LogP) is 2.36. The van der Waals surface area contributed by atoms with Crippen LogP contribution in [-0.4, -0.2) is 52.4 Å². The second kappa shape index (κ2) is 8.81. The van der Waals surface area contributed by atoms with Crippen molar-refractivity contribution in [2.24, 2.45) is 5.16 Å². The average Bonchev–Trinajstić information content (AvgIpc) is 2.55. The van der Waals surface area contributed by atoms with Crippen LogP contribution in [0.5, 0.6) is 0 Å². The van der Waals surface area contributed by atoms with Crippen LogP contribution in [0.15, 0.2) is 29.4 Å². The van der Waals surface area contributed by atoms with Gasteiger partial charge in [0.05, 0.1) is 4.92 Å². The van der Waals surface area contributed by atoms with Gasteiger partial charge in [0, 0.05) is 24.2 Å². The van der Waals surface area contributed by atoms with E-state index in [1.54, 1.807) is 6.07 Å². The molecular formula is C15H20ClN3O4. The van der Waals surface area contributed by atoms with Gasteiger partial charge in [-0.15, -0.1) is 0 Å². The molecule has 1 N–H and O–H groups in total. The third kappa shape index (κ3) is 5.78. The van der Waals surface area contributed by atoms with Crippen molar-refractivity contribution in [1.29, 1.82) is 0 Å². The minimum atomic E-state index is -0.647. The van der Waals surface area contributed by atoms with Gasteiger partial charge in [0.25, 0.3) is 5.69 Å². The number of oxime groups is 1. The van der Waals surface area contributed by atoms with Gasteiger partial charge in [0.2, 0.25) is 0 Å². The Balaban J connectivity index is 1.82. The maximum absolute atomic E-state index is 10.7. The van der Waals surface area contributed by atoms with Crippen molar-refractivity contribution in [3.8, 4) is 0 Å². The van der Waals surface area contributed by atoms with Crippen LogP contribution in [0.4, 0.5) is 5.69 Å². The van der Waals surface area contributed by atoms with E-state index >= 15 is 0 Å². The molecule has 0 radical (unpaired) electrons. The Kier molecular flexibility index (Phi) is 6.76. The van der Waals surface area contributed by atoms with Crippen molar-refractivity contribution in [3.05, 3.63) is 39.9 Å². The van der Waals surface area contributed by atoms with Crippen LogP contribution in [0.3, 0.4) is 0 Å². The fraction of sp³-hybridized carbons (Fsp3) is 0.533. The lowest BCUT2D eigenvalue weighted by Gasteiger charge is -2.27. The Hall–Kier alpha value is -1.70. The number of rotatable bonds is 7. The third-order valence-corrected chi connectivity index (χ3v) is 3.91. The van der Waals surface area contributed by atoms with E-state index in [4.69, 9.17) is 16.4 Å². The molecule has 0 bridgehead atoms. The highest BCUT2D eigenvalue weighted by Gasteiger charge is 2.15. The fourth-order valence-electron chi connectivity index (χ4n) is 2.47. The zero-order valence-corrected chi connectivity index (χ0v) is 13.5. The highest BCUT2D eigenvalue weighted by atomic mass is 35.5. The van der Waals surface area contributed by atoms with E-state index in [0.29, 0.717) is 12.1 Å². The number of non-ortho nitro benzene ring substituents is 1. The molecule has 1 saturated heterocycles. The number of hydrogen-bond acceptors (Lipinski definition) is 6. The predicted molar refractivity (Wildman–Crippen MR) is 87.7 cm³/mol. The van der Waals surface area contributed by atoms with E-state index < -0.39 is 11.0 Å². The topological polar surface area (TPSA) is 88.2 Å². The van der Waals surface area contributed by atoms with Crippen LogP contribution in [0.2, 0.25) is 0 Å². The molecule has 1 unspecified atom stereocenters. The lowest BCUT2D eigenvalue weighted by atomic mass is 10.1. The van der Waals surface area contributed by atoms with Gasteiger partial charge >= 0.3 is 0 Å². The highest BCUT2D eigenvalue weighted by Crippen LogP contribution is 2.15. The molecular weight excluding hydrogens is 322 g/mol. The number of piperidine rings is 1. The first-order valence-corrected chi connectivity index (χ1v) is 7.95. The van der Waals surface area contributed by atoms with E-state index in [1.165, 1.54) is 24.6 Å². The lowest BCUT2D eigenvalue weighted by molar-refractivity contribution is -0.384. The molecule has 0 saturated carbocycles. The van der Waals surface area contributed by atoms with Crippen molar-refractivity contribution < 1.29 is 14.9 Å². The van der Waals surface area contributed by atoms with Gasteiger partial charge < -0.3 is 14.8 Å². The second-order valence-electron chi connectivity index (χ2n) is 5.50. The molecule has 1 aromatic carbocycles. The molecule has 1 aromatic rings. The molecule has 1 atom stereocenters. The van der Waals surface area contributed by atoms with Crippen LogP contribution in [0.25, 0.3) is 0 Å². The van der Waals surface area contributed by atoms with E-state index in [-0.39, 0.29) is 17.5 Å². The number of β-amino-alcohol motifs (C(OH)–C–C–N with tert-alkyl or cyclic N) is 1. The number of nitro groups is 1. The third-order valence-electron chi connectivity index (χ3n) is 3.62. The summed E-state index contributed by atoms with van der Waals surface area (Å²) >= 11 is 5.97. The average molecular weight is 342 g/mol. The minimum absolute atomic E-state index is 0.0128. The van der Waals surface area contributed by atoms with Crippen molar-refractivity contribution in [3.63, 3.8) is 0 Å². The molecule has 8 heteroatoms. The summed E-state index contributed by atoms with van der Waals surface area (Å²) in [6.45, 7) is 2.56. The number of benzene rings is 1. The quantitative estimate of drug-likeness (QED) is 0.467. The summed E-state index contributed by atoms with van der Waals surface area (Å²) < 4.78 is 0. The second-order valence-corrected chi connectivity index (χ2v) is 5.86. The summed E-state index contributed by atoms with van der Waals surface area (Å²) in [4.78, 5) is 17.5. The lowest BCUT2D eigenvalue weighted by Crippen LogP contribution is -2.38. The first kappa shape index (κ1) is 17.7. The summed E-state index contributed by atoms with van der Waals surface area (Å²) in [5.41, 5.74) is 0.326. The van der Waals surface area contributed by atoms with Crippen molar-refractivity contribution in [1.82, 2.24) is 4.90 Å². The van der Waals surface area contributed by atoms with Crippen molar-refractivity contribution in [2.45, 2.75) is 25.4 Å². The number of aliphatic hydroxyl groups excluding tert-OH is 1. The number of halogens is 1. The van der Waals surface area contributed by atoms with Crippen LogP contribution in [0.1, 0.15) is 24.8 Å². The maximum Gasteiger partial charge on any atom is 0.270 e. The number of aliphatic hydroxyl groups is 1. The molecule has 1 aliphatic rings. The van der Waals surface area contributed by atoms with Gasteiger partial charge in [-0.05, 0) is 25.9 Å². The first-order valence-electron chi connectivity index (χ1n) is 7.57. The molecule has 0 aromatic heterocycles. The number of hydrogen-bond donors (Lipinski definition) is 1. The Morgan fingerprint density at radius 3 is 2.87 bits per heavy atom. The fourth-order valence-corrected chi connectivity index (χ4v) is 2.64. The van der Waals surface area contributed by atoms with E-state index in [9.17, 15) is 15.2 Å². The van der Waals surface area contributed by atoms with E-state index in [2.05, 4.69) is 10.1 Å². The molecule has 0 amide bonds. The minimum Gasteiger partial charge on any atom is -0.392 e. The Morgan fingerprint density at radius 1 is 1.43 bits per heavy atom. The van der Waals surface area contributed by atoms with Crippen LogP contribution in [0, 0.1) is 10.1 Å². The molecule has 2 rings (SSSR count). The van der Waals surface area contributed by atoms with Crippen molar-refractivity contribution in [2.75, 3.05) is 26.2 Å². The Morgan fingerprint density at radius 2 is 2.17 bits per heavy atom. The Bertz CT molecular complexity index is 561. The van der Waals surface area contributed by atoms with Crippen LogP contribution < -0.4 is 0 Å². The summed E-state index contributed by atoms with van der Waals surface area (Å²) in [5.74, 6) is 0. The standard InChI is InChI=1S/C15H20ClN3O4/c16-15(12-5-4-6-13(9-12)19(21)22)17-23-11-14(20)10-18-7-2-1-3-8-18/h4-6,9,14,20H,1-3,7-8,10-11H2. The van der Waals surface area contributed by atoms with Gasteiger partial charge in [0.15, 0.2) is 5.17 Å². The smallest absolute Gasteiger partial charge is 0.270 e. The summed E-state index contributed by atoms with van der Waals surface area (Å²) in [7, 11) is 0. The SMILES string of the molecule is O=[N+]([O-])c1cccc(C(Cl)=NOCC(O)CN2CCCCC2)c1. The molecule has 1 fully saturated rings. The molecule has 23 heavy (non-hydrogen) atoms. The largest absolute Gasteiger partial charge is 0.392 e. The molecule has 126 valence electrons. The number of nitrogens with zero attached hydrogens (tertiary/aromatic N) is 3. The Labute approximate surface area is 139 Å². The van der Waals surface area contributed by atoms with Crippen molar-refractivity contribution >= 4 is 22.5 Å². The number of likely N-dealkylation sites (tertiary alicyclic amines) is 1. The summed E-state index contributed by atoms with van der Waals surface area (Å²) in [6.07, 6.45) is 2.91. The normalized spacial score (nSPS) is 17.7. The van der Waals surface area contributed by atoms with Gasteiger partial charge in [-0.25, -0.2) is 0 Å². The molecule has 1 aliphatic heterocycles. The van der Waals surface area contributed by atoms with Crippen LogP contribution in [-0.2, 0) is 4.84 Å². The van der Waals surface area contributed by atoms with Gasteiger partial charge in [-0.1, -0.05) is 35.3 Å². The summed E-state index contributed by atoms with van der Waals surface area (Å²) in [5, 5.41) is 24.4. The molecule has 0 aliphatic carbocycles. The highest BCUT2D eigenvalue weighted by molar-refractivity contribution is 6.69. The van der Waals surface area contributed by atoms with Gasteiger partial charge in [-0.2, -0.15) is 0 Å². The summed E-state index contributed by atoms with van der Waals surface area (Å²) in [6, 6.07) is 5.82. The molecule has 0 spiro atoms. The van der Waals surface area contributed by atoms with E-state index in [0.717, 1.165) is 25.9 Å². The first-order chi connectivity index (χ1) is 11.1. The monoisotopic (exact) mass is 341 g/mol. The van der Waals surface area contributed by atoms with Crippen LogP contribution >= 0.6 is 11.6 Å². The maximum atomic E-state index is 10.7. The van der Waals surface area contributed by atoms with Gasteiger partial charge in [-0.3, -0.25) is 10.1 Å². The number of nitro benzene ring substituents is 1. The molecule has 7 nitrogen and oxygen atoms in total. The molecule has 1 heterocycles. The van der Waals surface area contributed by atoms with E-state index in [1.807, 2.05) is 0 Å². The van der Waals surface area contributed by atoms with Gasteiger partial charge in [0.1, 0.15) is 12.7 Å². The zero-order chi connectivity index (χ0) is 16.7. The zero-order valence-electron chi connectivity index (χ0n) is 12.7.